The molecule has 0 aliphatic carbocycles. The average molecular weight is 291 g/mol. The molecule has 7 heteroatoms. The summed E-state index contributed by atoms with van der Waals surface area (Å²) in [5.41, 5.74) is 0. The summed E-state index contributed by atoms with van der Waals surface area (Å²) in [5, 5.41) is 2.77. The number of rotatable bonds is 6. The number of carbonyl (C=O) groups excluding carboxylic acids is 1. The summed E-state index contributed by atoms with van der Waals surface area (Å²) in [6, 6.07) is 0.573. The second kappa shape index (κ2) is 7.21. The van der Waals surface area contributed by atoms with Crippen LogP contribution in [0.5, 0.6) is 0 Å². The molecule has 0 bridgehead atoms. The van der Waals surface area contributed by atoms with Crippen molar-refractivity contribution in [3.05, 3.63) is 0 Å². The number of likely N-dealkylation sites (N-methyl/N-ethyl adjacent to an activating group) is 1. The van der Waals surface area contributed by atoms with Gasteiger partial charge in [0.2, 0.25) is 15.9 Å². The largest absolute Gasteiger partial charge is 0.354 e. The van der Waals surface area contributed by atoms with Crippen molar-refractivity contribution in [2.75, 3.05) is 39.5 Å². The quantitative estimate of drug-likeness (QED) is 0.740. The summed E-state index contributed by atoms with van der Waals surface area (Å²) >= 11 is 0. The molecule has 1 fully saturated rings. The van der Waals surface area contributed by atoms with Gasteiger partial charge in [-0.2, -0.15) is 4.31 Å². The second-order valence-corrected chi connectivity index (χ2v) is 7.34. The fraction of sp³-hybridized carbons (Fsp3) is 0.917. The van der Waals surface area contributed by atoms with Crippen LogP contribution in [0.25, 0.3) is 0 Å². The molecule has 0 aromatic rings. The van der Waals surface area contributed by atoms with Crippen LogP contribution in [-0.4, -0.2) is 69.1 Å². The third kappa shape index (κ3) is 5.88. The van der Waals surface area contributed by atoms with E-state index < -0.39 is 10.0 Å². The summed E-state index contributed by atoms with van der Waals surface area (Å²) in [5.74, 6) is -0.252. The third-order valence-electron chi connectivity index (χ3n) is 3.59. The maximum absolute atomic E-state index is 11.6. The van der Waals surface area contributed by atoms with Crippen LogP contribution in [0.4, 0.5) is 0 Å². The van der Waals surface area contributed by atoms with Crippen LogP contribution < -0.4 is 5.32 Å². The molecule has 1 heterocycles. The predicted octanol–water partition coefficient (Wildman–Crippen LogP) is -0.132. The zero-order valence-corrected chi connectivity index (χ0v) is 12.9. The third-order valence-corrected chi connectivity index (χ3v) is 4.86. The van der Waals surface area contributed by atoms with Crippen molar-refractivity contribution in [1.29, 1.82) is 0 Å². The molecule has 1 rings (SSSR count). The van der Waals surface area contributed by atoms with E-state index in [1.807, 2.05) is 0 Å². The molecular formula is C12H25N3O3S. The number of amides is 1. The molecule has 1 saturated heterocycles. The van der Waals surface area contributed by atoms with E-state index in [-0.39, 0.29) is 12.5 Å². The molecule has 0 saturated carbocycles. The molecule has 1 aliphatic heterocycles. The topological polar surface area (TPSA) is 69.7 Å². The van der Waals surface area contributed by atoms with Crippen LogP contribution in [-0.2, 0) is 14.8 Å². The molecule has 1 N–H and O–H groups in total. The molecular weight excluding hydrogens is 266 g/mol. The van der Waals surface area contributed by atoms with E-state index in [0.717, 1.165) is 23.7 Å². The molecule has 1 amide bonds. The molecule has 0 aromatic carbocycles. The SMILES string of the molecule is C[C@@H]1CCCCN1CCNC(=O)CN(C)S(C)(=O)=O. The Bertz CT molecular complexity index is 397. The normalized spacial score (nSPS) is 21.6. The lowest BCUT2D eigenvalue weighted by Gasteiger charge is -2.33. The van der Waals surface area contributed by atoms with Crippen molar-refractivity contribution in [1.82, 2.24) is 14.5 Å². The Hall–Kier alpha value is -0.660. The summed E-state index contributed by atoms with van der Waals surface area (Å²) in [7, 11) is -1.89. The lowest BCUT2D eigenvalue weighted by atomic mass is 10.0. The highest BCUT2D eigenvalue weighted by Gasteiger charge is 2.18. The maximum Gasteiger partial charge on any atom is 0.235 e. The average Bonchev–Trinajstić information content (AvgIpc) is 2.30. The number of hydrogen-bond acceptors (Lipinski definition) is 4. The smallest absolute Gasteiger partial charge is 0.235 e. The van der Waals surface area contributed by atoms with E-state index in [0.29, 0.717) is 12.6 Å². The molecule has 6 nitrogen and oxygen atoms in total. The van der Waals surface area contributed by atoms with E-state index in [2.05, 4.69) is 17.1 Å². The van der Waals surface area contributed by atoms with Gasteiger partial charge in [-0.25, -0.2) is 8.42 Å². The first-order valence-electron chi connectivity index (χ1n) is 6.73. The number of nitrogens with one attached hydrogen (secondary N) is 1. The molecule has 0 aromatic heterocycles. The highest BCUT2D eigenvalue weighted by molar-refractivity contribution is 7.88. The zero-order chi connectivity index (χ0) is 14.5. The molecule has 0 spiro atoms. The van der Waals surface area contributed by atoms with Crippen molar-refractivity contribution in [2.24, 2.45) is 0 Å². The lowest BCUT2D eigenvalue weighted by molar-refractivity contribution is -0.121. The molecule has 19 heavy (non-hydrogen) atoms. The van der Waals surface area contributed by atoms with Gasteiger partial charge in [0.25, 0.3) is 0 Å². The van der Waals surface area contributed by atoms with Gasteiger partial charge in [0, 0.05) is 26.2 Å². The minimum atomic E-state index is -3.29. The molecule has 1 atom stereocenters. The Labute approximate surface area is 116 Å². The van der Waals surface area contributed by atoms with Gasteiger partial charge < -0.3 is 5.32 Å². The Morgan fingerprint density at radius 1 is 1.42 bits per heavy atom. The fourth-order valence-corrected chi connectivity index (χ4v) is 2.56. The summed E-state index contributed by atoms with van der Waals surface area (Å²) in [6.07, 6.45) is 4.80. The Balaban J connectivity index is 2.23. The number of piperidine rings is 1. The summed E-state index contributed by atoms with van der Waals surface area (Å²) in [4.78, 5) is 14.0. The predicted molar refractivity (Wildman–Crippen MR) is 75.4 cm³/mol. The van der Waals surface area contributed by atoms with Gasteiger partial charge >= 0.3 is 0 Å². The van der Waals surface area contributed by atoms with Gasteiger partial charge in [-0.05, 0) is 26.3 Å². The number of hydrogen-bond donors (Lipinski definition) is 1. The minimum Gasteiger partial charge on any atom is -0.354 e. The number of likely N-dealkylation sites (tertiary alicyclic amines) is 1. The minimum absolute atomic E-state index is 0.117. The highest BCUT2D eigenvalue weighted by Crippen LogP contribution is 2.15. The lowest BCUT2D eigenvalue weighted by Crippen LogP contribution is -2.44. The molecule has 0 radical (unpaired) electrons. The van der Waals surface area contributed by atoms with Crippen LogP contribution in [0, 0.1) is 0 Å². The fourth-order valence-electron chi connectivity index (χ4n) is 2.20. The van der Waals surface area contributed by atoms with Crippen molar-refractivity contribution in [2.45, 2.75) is 32.2 Å². The van der Waals surface area contributed by atoms with E-state index in [1.165, 1.54) is 26.3 Å². The van der Waals surface area contributed by atoms with E-state index in [9.17, 15) is 13.2 Å². The van der Waals surface area contributed by atoms with E-state index in [4.69, 9.17) is 0 Å². The first-order chi connectivity index (χ1) is 8.80. The molecule has 0 unspecified atom stereocenters. The number of nitrogens with zero attached hydrogens (tertiary/aromatic N) is 2. The van der Waals surface area contributed by atoms with Gasteiger partial charge in [0.15, 0.2) is 0 Å². The van der Waals surface area contributed by atoms with Crippen LogP contribution in [0.3, 0.4) is 0 Å². The van der Waals surface area contributed by atoms with Crippen LogP contribution in [0.2, 0.25) is 0 Å². The van der Waals surface area contributed by atoms with Gasteiger partial charge in [-0.1, -0.05) is 6.42 Å². The van der Waals surface area contributed by atoms with Crippen molar-refractivity contribution >= 4 is 15.9 Å². The first kappa shape index (κ1) is 16.4. The van der Waals surface area contributed by atoms with E-state index >= 15 is 0 Å². The van der Waals surface area contributed by atoms with Crippen molar-refractivity contribution < 1.29 is 13.2 Å². The van der Waals surface area contributed by atoms with E-state index in [1.54, 1.807) is 0 Å². The van der Waals surface area contributed by atoms with Crippen molar-refractivity contribution in [3.63, 3.8) is 0 Å². The monoisotopic (exact) mass is 291 g/mol. The standard InChI is InChI=1S/C12H25N3O3S/c1-11-6-4-5-8-15(11)9-7-13-12(16)10-14(2)19(3,17)18/h11H,4-10H2,1-3H3,(H,13,16)/t11-/m1/s1. The van der Waals surface area contributed by atoms with Crippen LogP contribution >= 0.6 is 0 Å². The second-order valence-electron chi connectivity index (χ2n) is 5.25. The van der Waals surface area contributed by atoms with Gasteiger partial charge in [-0.15, -0.1) is 0 Å². The Kier molecular flexibility index (Phi) is 6.22. The van der Waals surface area contributed by atoms with Gasteiger partial charge in [0.1, 0.15) is 0 Å². The first-order valence-corrected chi connectivity index (χ1v) is 8.57. The van der Waals surface area contributed by atoms with Crippen molar-refractivity contribution in [3.8, 4) is 0 Å². The molecule has 1 aliphatic rings. The maximum atomic E-state index is 11.6. The van der Waals surface area contributed by atoms with Crippen LogP contribution in [0.1, 0.15) is 26.2 Å². The molecule has 112 valence electrons. The van der Waals surface area contributed by atoms with Gasteiger partial charge in [0.05, 0.1) is 12.8 Å². The summed E-state index contributed by atoms with van der Waals surface area (Å²) < 4.78 is 23.4. The number of carbonyl (C=O) groups is 1. The highest BCUT2D eigenvalue weighted by atomic mass is 32.2. The van der Waals surface area contributed by atoms with Gasteiger partial charge in [-0.3, -0.25) is 9.69 Å². The zero-order valence-electron chi connectivity index (χ0n) is 12.1. The summed E-state index contributed by atoms with van der Waals surface area (Å²) in [6.45, 7) is 4.57. The van der Waals surface area contributed by atoms with Crippen LogP contribution in [0.15, 0.2) is 0 Å². The Morgan fingerprint density at radius 3 is 2.68 bits per heavy atom. The number of sulfonamides is 1. The Morgan fingerprint density at radius 2 is 2.11 bits per heavy atom.